The highest BCUT2D eigenvalue weighted by molar-refractivity contribution is 7.59. The van der Waals surface area contributed by atoms with Crippen LogP contribution in [0.1, 0.15) is 11.8 Å². The molecule has 1 aliphatic heterocycles. The Kier molecular flexibility index (Phi) is 5.19. The highest BCUT2D eigenvalue weighted by Gasteiger charge is 2.28. The Morgan fingerprint density at radius 1 is 1.36 bits per heavy atom. The van der Waals surface area contributed by atoms with E-state index in [1.54, 1.807) is 31.2 Å². The van der Waals surface area contributed by atoms with Crippen LogP contribution in [0.4, 0.5) is 5.69 Å². The summed E-state index contributed by atoms with van der Waals surface area (Å²) in [6.45, 7) is 1.79. The Balaban J connectivity index is 2.04. The van der Waals surface area contributed by atoms with E-state index in [9.17, 15) is 10.1 Å². The summed E-state index contributed by atoms with van der Waals surface area (Å²) in [7, 11) is 0. The zero-order chi connectivity index (χ0) is 18.0. The molecule has 1 atom stereocenters. The van der Waals surface area contributed by atoms with Gasteiger partial charge in [-0.25, -0.2) is 0 Å². The van der Waals surface area contributed by atoms with E-state index < -0.39 is 5.37 Å². The van der Waals surface area contributed by atoms with Crippen molar-refractivity contribution in [2.75, 3.05) is 5.32 Å². The number of anilines is 1. The van der Waals surface area contributed by atoms with E-state index in [0.717, 1.165) is 4.88 Å². The lowest BCUT2D eigenvalue weighted by atomic mass is 9.93. The second-order valence-electron chi connectivity index (χ2n) is 5.36. The first-order chi connectivity index (χ1) is 12.0. The molecule has 0 fully saturated rings. The summed E-state index contributed by atoms with van der Waals surface area (Å²) >= 11 is 12.7. The van der Waals surface area contributed by atoms with Gasteiger partial charge < -0.3 is 23.3 Å². The zero-order valence-electron chi connectivity index (χ0n) is 13.2. The third-order valence-corrected chi connectivity index (χ3v) is 5.21. The normalized spacial score (nSPS) is 17.1. The molecule has 2 heterocycles. The molecule has 0 radical (unpaired) electrons. The van der Waals surface area contributed by atoms with E-state index >= 15 is 0 Å². The number of dihydropyridines is 1. The predicted octanol–water partition coefficient (Wildman–Crippen LogP) is 4.07. The van der Waals surface area contributed by atoms with Gasteiger partial charge in [0.2, 0.25) is 0 Å². The molecule has 7 heteroatoms. The summed E-state index contributed by atoms with van der Waals surface area (Å²) < 4.78 is 0. The molecule has 25 heavy (non-hydrogen) atoms. The van der Waals surface area contributed by atoms with E-state index in [2.05, 4.69) is 16.7 Å². The van der Waals surface area contributed by atoms with Crippen LogP contribution in [0.2, 0.25) is 5.02 Å². The van der Waals surface area contributed by atoms with Crippen LogP contribution >= 0.6 is 22.9 Å². The van der Waals surface area contributed by atoms with Gasteiger partial charge in [-0.1, -0.05) is 23.0 Å². The van der Waals surface area contributed by atoms with Gasteiger partial charge in [0.25, 0.3) is 5.91 Å². The van der Waals surface area contributed by atoms with Gasteiger partial charge in [-0.05, 0) is 42.6 Å². The second kappa shape index (κ2) is 7.36. The van der Waals surface area contributed by atoms with Crippen molar-refractivity contribution in [3.63, 3.8) is 0 Å². The molecule has 0 saturated carbocycles. The van der Waals surface area contributed by atoms with Gasteiger partial charge in [-0.3, -0.25) is 4.79 Å². The van der Waals surface area contributed by atoms with E-state index in [0.29, 0.717) is 33.1 Å². The van der Waals surface area contributed by atoms with Crippen LogP contribution in [-0.2, 0) is 17.4 Å². The summed E-state index contributed by atoms with van der Waals surface area (Å²) in [6, 6.07) is 12.8. The SMILES string of the molecule is CC1=C(C(=O)Nc2ccc(Cl)cc2)C(c2cccs2)=C(C#N)C([S-])N1. The lowest BCUT2D eigenvalue weighted by molar-refractivity contribution is -0.112. The molecule has 126 valence electrons. The number of carbonyl (C=O) groups is 1. The molecule has 1 aromatic carbocycles. The minimum absolute atomic E-state index is 0.301. The van der Waals surface area contributed by atoms with Crippen LogP contribution in [0.15, 0.2) is 58.6 Å². The summed E-state index contributed by atoms with van der Waals surface area (Å²) in [6.07, 6.45) is 0. The number of amides is 1. The fraction of sp³-hybridized carbons (Fsp3) is 0.111. The van der Waals surface area contributed by atoms with Crippen LogP contribution in [-0.4, -0.2) is 11.3 Å². The van der Waals surface area contributed by atoms with E-state index in [1.165, 1.54) is 11.3 Å². The molecular formula is C18H13ClN3OS2-. The Bertz CT molecular complexity index is 909. The minimum Gasteiger partial charge on any atom is -0.763 e. The van der Waals surface area contributed by atoms with Gasteiger partial charge >= 0.3 is 0 Å². The number of nitrogens with one attached hydrogen (secondary N) is 2. The number of thiophene rings is 1. The molecule has 0 aliphatic carbocycles. The van der Waals surface area contributed by atoms with Crippen molar-refractivity contribution in [2.24, 2.45) is 0 Å². The van der Waals surface area contributed by atoms with Gasteiger partial charge in [-0.2, -0.15) is 5.26 Å². The molecule has 2 N–H and O–H groups in total. The maximum absolute atomic E-state index is 12.9. The fourth-order valence-electron chi connectivity index (χ4n) is 2.60. The smallest absolute Gasteiger partial charge is 0.258 e. The quantitative estimate of drug-likeness (QED) is 0.780. The number of allylic oxidation sites excluding steroid dienone is 1. The van der Waals surface area contributed by atoms with Crippen molar-refractivity contribution in [1.29, 1.82) is 5.26 Å². The first kappa shape index (κ1) is 17.6. The highest BCUT2D eigenvalue weighted by atomic mass is 35.5. The van der Waals surface area contributed by atoms with Crippen molar-refractivity contribution < 1.29 is 4.79 Å². The average Bonchev–Trinajstić information content (AvgIpc) is 3.10. The molecule has 4 nitrogen and oxygen atoms in total. The number of halogens is 1. The molecule has 0 bridgehead atoms. The zero-order valence-corrected chi connectivity index (χ0v) is 15.6. The van der Waals surface area contributed by atoms with Gasteiger partial charge in [0, 0.05) is 32.4 Å². The summed E-state index contributed by atoms with van der Waals surface area (Å²) in [5.74, 6) is -0.301. The maximum atomic E-state index is 12.9. The van der Waals surface area contributed by atoms with E-state index in [1.807, 2.05) is 17.5 Å². The van der Waals surface area contributed by atoms with Crippen molar-refractivity contribution in [1.82, 2.24) is 5.32 Å². The Hall–Kier alpha value is -2.20. The van der Waals surface area contributed by atoms with Crippen LogP contribution < -0.4 is 10.6 Å². The molecule has 2 aromatic rings. The number of nitriles is 1. The molecule has 1 aliphatic rings. The summed E-state index contributed by atoms with van der Waals surface area (Å²) in [5, 5.41) is 17.4. The first-order valence-corrected chi connectivity index (χ1v) is 9.13. The molecule has 1 unspecified atom stereocenters. The fourth-order valence-corrected chi connectivity index (χ4v) is 3.86. The molecule has 0 saturated heterocycles. The third kappa shape index (κ3) is 3.59. The number of carbonyl (C=O) groups excluding carboxylic acids is 1. The molecule has 1 amide bonds. The molecular weight excluding hydrogens is 374 g/mol. The summed E-state index contributed by atoms with van der Waals surface area (Å²) in [5.41, 5.74) is 2.67. The van der Waals surface area contributed by atoms with Gasteiger partial charge in [0.1, 0.15) is 0 Å². The molecule has 1 aromatic heterocycles. The van der Waals surface area contributed by atoms with E-state index in [4.69, 9.17) is 24.2 Å². The minimum atomic E-state index is -0.561. The van der Waals surface area contributed by atoms with Crippen molar-refractivity contribution in [2.45, 2.75) is 12.3 Å². The van der Waals surface area contributed by atoms with Crippen LogP contribution in [0, 0.1) is 11.3 Å². The second-order valence-corrected chi connectivity index (χ2v) is 7.22. The van der Waals surface area contributed by atoms with Crippen LogP contribution in [0.5, 0.6) is 0 Å². The maximum Gasteiger partial charge on any atom is 0.258 e. The van der Waals surface area contributed by atoms with Crippen molar-refractivity contribution in [3.05, 3.63) is 68.5 Å². The number of rotatable bonds is 3. The first-order valence-electron chi connectivity index (χ1n) is 7.40. The molecule has 0 spiro atoms. The lowest BCUT2D eigenvalue weighted by Crippen LogP contribution is -2.35. The highest BCUT2D eigenvalue weighted by Crippen LogP contribution is 2.36. The van der Waals surface area contributed by atoms with Gasteiger partial charge in [0.15, 0.2) is 0 Å². The topological polar surface area (TPSA) is 64.9 Å². The van der Waals surface area contributed by atoms with Gasteiger partial charge in [0.05, 0.1) is 11.6 Å². The predicted molar refractivity (Wildman–Crippen MR) is 104 cm³/mol. The molecule has 3 rings (SSSR count). The van der Waals surface area contributed by atoms with Crippen molar-refractivity contribution in [3.8, 4) is 6.07 Å². The van der Waals surface area contributed by atoms with Crippen LogP contribution in [0.3, 0.4) is 0 Å². The lowest BCUT2D eigenvalue weighted by Gasteiger charge is -2.33. The third-order valence-electron chi connectivity index (χ3n) is 3.72. The Labute approximate surface area is 160 Å². The van der Waals surface area contributed by atoms with Gasteiger partial charge in [-0.15, -0.1) is 11.3 Å². The standard InChI is InChI=1S/C18H14ClN3OS2/c1-10-15(17(23)22-12-6-4-11(19)5-7-12)16(14-3-2-8-25-14)13(9-20)18(24)21-10/h2-8,18,21,24H,1H3,(H,22,23)/p-1. The number of hydrogen-bond acceptors (Lipinski definition) is 5. The Morgan fingerprint density at radius 3 is 2.68 bits per heavy atom. The average molecular weight is 387 g/mol. The van der Waals surface area contributed by atoms with Crippen LogP contribution in [0.25, 0.3) is 5.57 Å². The number of hydrogen-bond donors (Lipinski definition) is 2. The monoisotopic (exact) mass is 386 g/mol. The number of nitrogens with zero attached hydrogens (tertiary/aromatic N) is 1. The summed E-state index contributed by atoms with van der Waals surface area (Å²) in [4.78, 5) is 13.8. The Morgan fingerprint density at radius 2 is 2.08 bits per heavy atom. The van der Waals surface area contributed by atoms with E-state index in [-0.39, 0.29) is 5.91 Å². The largest absolute Gasteiger partial charge is 0.763 e. The number of benzene rings is 1. The van der Waals surface area contributed by atoms with Crippen molar-refractivity contribution >= 4 is 52.7 Å².